The lowest BCUT2D eigenvalue weighted by Gasteiger charge is -2.38. The Morgan fingerprint density at radius 3 is 2.25 bits per heavy atom. The van der Waals surface area contributed by atoms with Crippen LogP contribution in [0.3, 0.4) is 0 Å². The van der Waals surface area contributed by atoms with Gasteiger partial charge in [0.25, 0.3) is 0 Å². The summed E-state index contributed by atoms with van der Waals surface area (Å²) in [6, 6.07) is 18.0. The third kappa shape index (κ3) is 5.18. The lowest BCUT2D eigenvalue weighted by Crippen LogP contribution is -2.47. The highest BCUT2D eigenvalue weighted by atomic mass is 19.1. The molecule has 0 spiro atoms. The van der Waals surface area contributed by atoms with Gasteiger partial charge in [0.2, 0.25) is 5.91 Å². The third-order valence-electron chi connectivity index (χ3n) is 5.75. The van der Waals surface area contributed by atoms with E-state index in [-0.39, 0.29) is 11.7 Å². The van der Waals surface area contributed by atoms with Crippen molar-refractivity contribution in [1.82, 2.24) is 9.80 Å². The predicted octanol–water partition coefficient (Wildman–Crippen LogP) is 3.89. The maximum Gasteiger partial charge on any atom is 0.238 e. The summed E-state index contributed by atoms with van der Waals surface area (Å²) in [5, 5.41) is 2.85. The number of rotatable bonds is 7. The van der Waals surface area contributed by atoms with E-state index in [1.165, 1.54) is 30.5 Å². The summed E-state index contributed by atoms with van der Waals surface area (Å²) < 4.78 is 13.0. The van der Waals surface area contributed by atoms with Crippen LogP contribution in [0.15, 0.2) is 54.6 Å². The van der Waals surface area contributed by atoms with E-state index in [4.69, 9.17) is 0 Å². The highest BCUT2D eigenvalue weighted by Gasteiger charge is 2.35. The summed E-state index contributed by atoms with van der Waals surface area (Å²) in [6.45, 7) is 3.31. The van der Waals surface area contributed by atoms with Crippen molar-refractivity contribution in [2.75, 3.05) is 25.0 Å². The second-order valence-electron chi connectivity index (χ2n) is 7.95. The number of carbonyl (C=O) groups excluding carboxylic acids is 1. The van der Waals surface area contributed by atoms with Gasteiger partial charge in [-0.2, -0.15) is 0 Å². The minimum absolute atomic E-state index is 0.0339. The van der Waals surface area contributed by atoms with Crippen LogP contribution < -0.4 is 5.32 Å². The van der Waals surface area contributed by atoms with Crippen molar-refractivity contribution in [2.24, 2.45) is 0 Å². The lowest BCUT2D eigenvalue weighted by atomic mass is 10.0. The minimum Gasteiger partial charge on any atom is -0.325 e. The molecule has 0 atom stereocenters. The fourth-order valence-corrected chi connectivity index (χ4v) is 4.10. The van der Waals surface area contributed by atoms with Crippen LogP contribution in [0.4, 0.5) is 10.1 Å². The fourth-order valence-electron chi connectivity index (χ4n) is 4.10. The first-order chi connectivity index (χ1) is 13.7. The molecule has 5 heteroatoms. The highest BCUT2D eigenvalue weighted by Crippen LogP contribution is 2.33. The van der Waals surface area contributed by atoms with Crippen molar-refractivity contribution >= 4 is 11.6 Å². The number of piperidine rings is 1. The molecule has 1 amide bonds. The van der Waals surface area contributed by atoms with Crippen LogP contribution >= 0.6 is 0 Å². The molecule has 1 heterocycles. The molecule has 0 aromatic heterocycles. The lowest BCUT2D eigenvalue weighted by molar-refractivity contribution is -0.117. The Bertz CT molecular complexity index is 768. The van der Waals surface area contributed by atoms with Crippen LogP contribution in [-0.4, -0.2) is 47.4 Å². The molecule has 1 aliphatic heterocycles. The Kier molecular flexibility index (Phi) is 6.03. The highest BCUT2D eigenvalue weighted by molar-refractivity contribution is 5.92. The molecule has 4 nitrogen and oxygen atoms in total. The van der Waals surface area contributed by atoms with E-state index >= 15 is 0 Å². The van der Waals surface area contributed by atoms with E-state index in [2.05, 4.69) is 45.4 Å². The summed E-state index contributed by atoms with van der Waals surface area (Å²) in [5.74, 6) is -0.329. The molecule has 1 saturated carbocycles. The number of anilines is 1. The van der Waals surface area contributed by atoms with Gasteiger partial charge in [-0.3, -0.25) is 14.6 Å². The maximum atomic E-state index is 13.0. The van der Waals surface area contributed by atoms with Gasteiger partial charge in [0.1, 0.15) is 5.82 Å². The van der Waals surface area contributed by atoms with Crippen LogP contribution in [0.2, 0.25) is 0 Å². The smallest absolute Gasteiger partial charge is 0.238 e. The number of hydrogen-bond acceptors (Lipinski definition) is 3. The van der Waals surface area contributed by atoms with Gasteiger partial charge in [0, 0.05) is 37.4 Å². The monoisotopic (exact) mass is 381 g/mol. The Labute approximate surface area is 166 Å². The zero-order valence-corrected chi connectivity index (χ0v) is 16.2. The predicted molar refractivity (Wildman–Crippen MR) is 109 cm³/mol. The van der Waals surface area contributed by atoms with E-state index in [1.54, 1.807) is 12.1 Å². The molecule has 148 valence electrons. The molecule has 0 unspecified atom stereocenters. The van der Waals surface area contributed by atoms with Crippen LogP contribution in [0, 0.1) is 5.82 Å². The first-order valence-corrected chi connectivity index (χ1v) is 10.2. The topological polar surface area (TPSA) is 35.6 Å². The van der Waals surface area contributed by atoms with E-state index in [1.807, 2.05) is 0 Å². The summed E-state index contributed by atoms with van der Waals surface area (Å²) >= 11 is 0. The molecule has 4 rings (SSSR count). The first-order valence-electron chi connectivity index (χ1n) is 10.2. The van der Waals surface area contributed by atoms with E-state index < -0.39 is 0 Å². The fraction of sp³-hybridized carbons (Fsp3) is 0.435. The summed E-state index contributed by atoms with van der Waals surface area (Å²) in [7, 11) is 0. The van der Waals surface area contributed by atoms with Gasteiger partial charge >= 0.3 is 0 Å². The number of halogens is 1. The van der Waals surface area contributed by atoms with Gasteiger partial charge in [-0.15, -0.1) is 0 Å². The van der Waals surface area contributed by atoms with Crippen molar-refractivity contribution in [3.63, 3.8) is 0 Å². The first kappa shape index (κ1) is 19.1. The largest absolute Gasteiger partial charge is 0.325 e. The van der Waals surface area contributed by atoms with Crippen LogP contribution in [0.5, 0.6) is 0 Å². The Morgan fingerprint density at radius 1 is 0.964 bits per heavy atom. The van der Waals surface area contributed by atoms with Gasteiger partial charge in [-0.25, -0.2) is 4.39 Å². The molecule has 0 bridgehead atoms. The molecule has 28 heavy (non-hydrogen) atoms. The molecule has 2 fully saturated rings. The number of amides is 1. The molecule has 1 saturated heterocycles. The van der Waals surface area contributed by atoms with Crippen molar-refractivity contribution < 1.29 is 9.18 Å². The van der Waals surface area contributed by atoms with Gasteiger partial charge in [0.15, 0.2) is 0 Å². The zero-order valence-electron chi connectivity index (χ0n) is 16.2. The average Bonchev–Trinajstić information content (AvgIpc) is 3.55. The molecule has 2 aromatic rings. The minimum atomic E-state index is -0.296. The second kappa shape index (κ2) is 8.84. The number of hydrogen-bond donors (Lipinski definition) is 1. The number of nitrogens with one attached hydrogen (secondary N) is 1. The molecular formula is C23H28FN3O. The van der Waals surface area contributed by atoms with E-state index in [0.29, 0.717) is 18.3 Å². The van der Waals surface area contributed by atoms with Crippen molar-refractivity contribution in [2.45, 2.75) is 44.3 Å². The summed E-state index contributed by atoms with van der Waals surface area (Å²) in [4.78, 5) is 17.2. The van der Waals surface area contributed by atoms with Gasteiger partial charge in [-0.05, 0) is 55.5 Å². The molecule has 2 aliphatic rings. The average molecular weight is 381 g/mol. The quantitative estimate of drug-likeness (QED) is 0.790. The molecule has 2 aromatic carbocycles. The number of nitrogens with zero attached hydrogens (tertiary/aromatic N) is 2. The number of likely N-dealkylation sites (tertiary alicyclic amines) is 1. The Balaban J connectivity index is 1.26. The van der Waals surface area contributed by atoms with Crippen LogP contribution in [0.25, 0.3) is 0 Å². The van der Waals surface area contributed by atoms with Crippen molar-refractivity contribution in [1.29, 1.82) is 0 Å². The Hall–Kier alpha value is -2.24. The number of benzene rings is 2. The van der Waals surface area contributed by atoms with Gasteiger partial charge in [0.05, 0.1) is 6.54 Å². The summed E-state index contributed by atoms with van der Waals surface area (Å²) in [5.41, 5.74) is 2.03. The standard InChI is InChI=1S/C23H28FN3O/c24-19-6-8-20(9-7-19)25-23(28)17-26-14-12-22(13-15-26)27(21-10-11-21)16-18-4-2-1-3-5-18/h1-9,21-22H,10-17H2,(H,25,28). The van der Waals surface area contributed by atoms with Crippen molar-refractivity contribution in [3.8, 4) is 0 Å². The second-order valence-corrected chi connectivity index (χ2v) is 7.95. The van der Waals surface area contributed by atoms with Crippen LogP contribution in [0.1, 0.15) is 31.2 Å². The molecule has 1 aliphatic carbocycles. The van der Waals surface area contributed by atoms with E-state index in [9.17, 15) is 9.18 Å². The zero-order chi connectivity index (χ0) is 19.3. The molecular weight excluding hydrogens is 353 g/mol. The molecule has 0 radical (unpaired) electrons. The number of carbonyl (C=O) groups is 1. The maximum absolute atomic E-state index is 13.0. The van der Waals surface area contributed by atoms with Crippen molar-refractivity contribution in [3.05, 3.63) is 66.0 Å². The molecule has 1 N–H and O–H groups in total. The summed E-state index contributed by atoms with van der Waals surface area (Å²) in [6.07, 6.45) is 4.83. The van der Waals surface area contributed by atoms with E-state index in [0.717, 1.165) is 38.5 Å². The van der Waals surface area contributed by atoms with Gasteiger partial charge in [-0.1, -0.05) is 30.3 Å². The third-order valence-corrected chi connectivity index (χ3v) is 5.75. The Morgan fingerprint density at radius 2 is 1.61 bits per heavy atom. The van der Waals surface area contributed by atoms with Gasteiger partial charge < -0.3 is 5.32 Å². The van der Waals surface area contributed by atoms with Crippen LogP contribution in [-0.2, 0) is 11.3 Å². The SMILES string of the molecule is O=C(CN1CCC(N(Cc2ccccc2)C2CC2)CC1)Nc1ccc(F)cc1. The normalized spacial score (nSPS) is 18.4.